The van der Waals surface area contributed by atoms with Crippen LogP contribution in [-0.2, 0) is 9.59 Å². The van der Waals surface area contributed by atoms with Gasteiger partial charge < -0.3 is 15.1 Å². The van der Waals surface area contributed by atoms with Crippen molar-refractivity contribution in [3.63, 3.8) is 0 Å². The quantitative estimate of drug-likeness (QED) is 0.674. The molecule has 0 aliphatic heterocycles. The maximum atomic E-state index is 12.8. The van der Waals surface area contributed by atoms with E-state index in [9.17, 15) is 9.59 Å². The van der Waals surface area contributed by atoms with E-state index in [0.29, 0.717) is 24.0 Å². The van der Waals surface area contributed by atoms with Gasteiger partial charge in [0.25, 0.3) is 0 Å². The predicted octanol–water partition coefficient (Wildman–Crippen LogP) is 3.32. The third kappa shape index (κ3) is 9.87. The lowest BCUT2D eigenvalue weighted by atomic mass is 9.84. The van der Waals surface area contributed by atoms with Crippen LogP contribution in [0.3, 0.4) is 0 Å². The van der Waals surface area contributed by atoms with Gasteiger partial charge >= 0.3 is 0 Å². The van der Waals surface area contributed by atoms with Crippen molar-refractivity contribution in [3.8, 4) is 0 Å². The average molecular weight is 383 g/mol. The Kier molecular flexibility index (Phi) is 9.22. The summed E-state index contributed by atoms with van der Waals surface area (Å²) in [6, 6.07) is 0. The molecule has 0 aromatic carbocycles. The number of aromatic nitrogens is 1. The van der Waals surface area contributed by atoms with Gasteiger partial charge in [-0.2, -0.15) is 0 Å². The molecule has 1 atom stereocenters. The lowest BCUT2D eigenvalue weighted by Gasteiger charge is -2.27. The topological polar surface area (TPSA) is 65.5 Å². The van der Waals surface area contributed by atoms with E-state index in [1.165, 1.54) is 11.3 Å². The van der Waals surface area contributed by atoms with Crippen molar-refractivity contribution in [2.24, 2.45) is 11.3 Å². The van der Waals surface area contributed by atoms with Crippen LogP contribution in [0.1, 0.15) is 47.0 Å². The first-order chi connectivity index (χ1) is 12.1. The van der Waals surface area contributed by atoms with Gasteiger partial charge in [-0.15, -0.1) is 11.3 Å². The second kappa shape index (κ2) is 10.6. The number of carbonyl (C=O) groups is 2. The Morgan fingerprint density at radius 1 is 1.27 bits per heavy atom. The zero-order valence-electron chi connectivity index (χ0n) is 17.0. The molecule has 6 nitrogen and oxygen atoms in total. The zero-order chi connectivity index (χ0) is 19.7. The fourth-order valence-electron chi connectivity index (χ4n) is 3.03. The Morgan fingerprint density at radius 3 is 2.50 bits per heavy atom. The van der Waals surface area contributed by atoms with Crippen molar-refractivity contribution in [2.75, 3.05) is 39.0 Å². The van der Waals surface area contributed by atoms with Gasteiger partial charge in [-0.05, 0) is 44.8 Å². The molecule has 0 fully saturated rings. The van der Waals surface area contributed by atoms with E-state index in [0.717, 1.165) is 19.4 Å². The van der Waals surface area contributed by atoms with E-state index in [4.69, 9.17) is 0 Å². The molecule has 0 aliphatic rings. The highest BCUT2D eigenvalue weighted by Crippen LogP contribution is 2.26. The number of anilines is 1. The molecule has 0 bridgehead atoms. The molecule has 1 aromatic rings. The summed E-state index contributed by atoms with van der Waals surface area (Å²) in [6.07, 6.45) is 3.95. The van der Waals surface area contributed by atoms with Crippen LogP contribution in [-0.4, -0.2) is 60.3 Å². The second-order valence-corrected chi connectivity index (χ2v) is 9.33. The Morgan fingerprint density at radius 2 is 1.96 bits per heavy atom. The number of nitrogens with zero attached hydrogens (tertiary/aromatic N) is 3. The predicted molar refractivity (Wildman–Crippen MR) is 108 cm³/mol. The smallest absolute Gasteiger partial charge is 0.245 e. The van der Waals surface area contributed by atoms with Crippen LogP contribution < -0.4 is 5.32 Å². The fourth-order valence-corrected chi connectivity index (χ4v) is 3.58. The van der Waals surface area contributed by atoms with Gasteiger partial charge in [0.1, 0.15) is 0 Å². The van der Waals surface area contributed by atoms with E-state index in [2.05, 4.69) is 42.9 Å². The number of amides is 2. The van der Waals surface area contributed by atoms with Crippen LogP contribution in [0.4, 0.5) is 5.13 Å². The first kappa shape index (κ1) is 22.6. The van der Waals surface area contributed by atoms with Crippen molar-refractivity contribution in [1.29, 1.82) is 0 Å². The van der Waals surface area contributed by atoms with Gasteiger partial charge in [0.05, 0.1) is 6.54 Å². The molecule has 1 aromatic heterocycles. The van der Waals surface area contributed by atoms with E-state index in [1.54, 1.807) is 11.1 Å². The maximum Gasteiger partial charge on any atom is 0.245 e. The Balaban J connectivity index is 2.63. The summed E-state index contributed by atoms with van der Waals surface area (Å²) in [4.78, 5) is 32.9. The number of hydrogen-bond donors (Lipinski definition) is 1. The molecular weight excluding hydrogens is 348 g/mol. The number of rotatable bonds is 10. The molecule has 26 heavy (non-hydrogen) atoms. The molecule has 1 rings (SSSR count). The van der Waals surface area contributed by atoms with Crippen molar-refractivity contribution in [3.05, 3.63) is 11.6 Å². The first-order valence-electron chi connectivity index (χ1n) is 9.18. The molecule has 0 saturated carbocycles. The minimum absolute atomic E-state index is 0.0507. The van der Waals surface area contributed by atoms with E-state index in [-0.39, 0.29) is 23.8 Å². The van der Waals surface area contributed by atoms with Crippen LogP contribution in [0.5, 0.6) is 0 Å². The average Bonchev–Trinajstić information content (AvgIpc) is 2.96. The largest absolute Gasteiger partial charge is 0.333 e. The van der Waals surface area contributed by atoms with Crippen molar-refractivity contribution in [2.45, 2.75) is 47.0 Å². The van der Waals surface area contributed by atoms with Gasteiger partial charge in [-0.1, -0.05) is 27.7 Å². The summed E-state index contributed by atoms with van der Waals surface area (Å²) >= 11 is 1.37. The minimum atomic E-state index is -0.193. The highest BCUT2D eigenvalue weighted by molar-refractivity contribution is 7.13. The van der Waals surface area contributed by atoms with Crippen LogP contribution in [0.2, 0.25) is 0 Å². The fraction of sp³-hybridized carbons (Fsp3) is 0.737. The van der Waals surface area contributed by atoms with Gasteiger partial charge in [0.15, 0.2) is 5.13 Å². The van der Waals surface area contributed by atoms with Crippen LogP contribution >= 0.6 is 11.3 Å². The summed E-state index contributed by atoms with van der Waals surface area (Å²) in [5.41, 5.74) is 0.192. The van der Waals surface area contributed by atoms with E-state index < -0.39 is 0 Å². The van der Waals surface area contributed by atoms with Crippen LogP contribution in [0, 0.1) is 11.3 Å². The molecule has 2 amide bonds. The Hall–Kier alpha value is -1.47. The summed E-state index contributed by atoms with van der Waals surface area (Å²) in [5, 5.41) is 5.14. The standard InChI is InChI=1S/C19H34N4O2S/c1-15(13-19(2,3)4)12-17(25)23(10-7-9-22(5)6)14-16(24)21-18-20-8-11-26-18/h8,11,15H,7,9-10,12-14H2,1-6H3,(H,20,21,24). The van der Waals surface area contributed by atoms with Crippen LogP contribution in [0.25, 0.3) is 0 Å². The lowest BCUT2D eigenvalue weighted by molar-refractivity contribution is -0.135. The van der Waals surface area contributed by atoms with Gasteiger partial charge in [-0.25, -0.2) is 4.98 Å². The molecule has 1 N–H and O–H groups in total. The highest BCUT2D eigenvalue weighted by atomic mass is 32.1. The molecule has 0 spiro atoms. The summed E-state index contributed by atoms with van der Waals surface area (Å²) in [5.74, 6) is 0.150. The summed E-state index contributed by atoms with van der Waals surface area (Å²) < 4.78 is 0. The Bertz CT molecular complexity index is 552. The van der Waals surface area contributed by atoms with E-state index in [1.807, 2.05) is 19.5 Å². The van der Waals surface area contributed by atoms with E-state index >= 15 is 0 Å². The van der Waals surface area contributed by atoms with Gasteiger partial charge in [0.2, 0.25) is 11.8 Å². The number of nitrogens with one attached hydrogen (secondary N) is 1. The number of carbonyl (C=O) groups excluding carboxylic acids is 2. The second-order valence-electron chi connectivity index (χ2n) is 8.43. The first-order valence-corrected chi connectivity index (χ1v) is 10.1. The molecule has 0 radical (unpaired) electrons. The summed E-state index contributed by atoms with van der Waals surface area (Å²) in [7, 11) is 4.01. The van der Waals surface area contributed by atoms with Crippen molar-refractivity contribution in [1.82, 2.24) is 14.8 Å². The molecule has 0 aliphatic carbocycles. The monoisotopic (exact) mass is 382 g/mol. The number of hydrogen-bond acceptors (Lipinski definition) is 5. The minimum Gasteiger partial charge on any atom is -0.333 e. The molecule has 7 heteroatoms. The van der Waals surface area contributed by atoms with Gasteiger partial charge in [-0.3, -0.25) is 9.59 Å². The SMILES string of the molecule is CC(CC(=O)N(CCCN(C)C)CC(=O)Nc1nccs1)CC(C)(C)C. The number of thiazole rings is 1. The normalized spacial score (nSPS) is 12.9. The molecule has 148 valence electrons. The molecule has 1 unspecified atom stereocenters. The van der Waals surface area contributed by atoms with Crippen molar-refractivity contribution >= 4 is 28.3 Å². The van der Waals surface area contributed by atoms with Gasteiger partial charge in [0, 0.05) is 24.5 Å². The van der Waals surface area contributed by atoms with Crippen LogP contribution in [0.15, 0.2) is 11.6 Å². The molecule has 1 heterocycles. The lowest BCUT2D eigenvalue weighted by Crippen LogP contribution is -2.40. The Labute approximate surface area is 162 Å². The third-order valence-corrected chi connectivity index (χ3v) is 4.57. The molecular formula is C19H34N4O2S. The highest BCUT2D eigenvalue weighted by Gasteiger charge is 2.22. The van der Waals surface area contributed by atoms with Crippen molar-refractivity contribution < 1.29 is 9.59 Å². The maximum absolute atomic E-state index is 12.8. The molecule has 0 saturated heterocycles. The summed E-state index contributed by atoms with van der Waals surface area (Å²) in [6.45, 7) is 10.2. The zero-order valence-corrected chi connectivity index (χ0v) is 17.9. The third-order valence-electron chi connectivity index (χ3n) is 3.88.